The number of carboxylic acid groups (broad SMARTS) is 1. The minimum absolute atomic E-state index is 0.0906. The molecule has 0 spiro atoms. The molecular weight excluding hydrogens is 208 g/mol. The predicted molar refractivity (Wildman–Crippen MR) is 49.7 cm³/mol. The Bertz CT molecular complexity index is 298. The molecule has 1 N–H and O–H groups in total. The van der Waals surface area contributed by atoms with Gasteiger partial charge in [0, 0.05) is 19.8 Å². The van der Waals surface area contributed by atoms with Crippen LogP contribution < -0.4 is 0 Å². The Balaban J connectivity index is 5.45. The van der Waals surface area contributed by atoms with Crippen LogP contribution in [-0.2, 0) is 9.59 Å². The summed E-state index contributed by atoms with van der Waals surface area (Å²) in [4.78, 5) is 23.0. The molecule has 0 aliphatic carbocycles. The van der Waals surface area contributed by atoms with E-state index in [0.29, 0.717) is 0 Å². The van der Waals surface area contributed by atoms with Gasteiger partial charge >= 0.3 is 12.4 Å². The van der Waals surface area contributed by atoms with Crippen molar-refractivity contribution in [3.8, 4) is 0 Å². The summed E-state index contributed by atoms with van der Waals surface area (Å²) in [5.74, 6) is -3.26. The second-order valence-electron chi connectivity index (χ2n) is 3.04. The van der Waals surface area contributed by atoms with E-state index in [1.807, 2.05) is 0 Å². The number of Topliss-reactive ketones (excluding diaryl/α,β-unsaturated/α-hetero) is 1. The Morgan fingerprint density at radius 3 is 2.00 bits per heavy atom. The van der Waals surface area contributed by atoms with Gasteiger partial charge in [-0.3, -0.25) is 4.79 Å². The Labute approximate surface area is 86.2 Å². The summed E-state index contributed by atoms with van der Waals surface area (Å²) in [5, 5.41) is 8.70. The molecule has 15 heavy (non-hydrogen) atoms. The molecule has 0 unspecified atom stereocenters. The van der Waals surface area contributed by atoms with Gasteiger partial charge in [-0.1, -0.05) is 6.92 Å². The van der Waals surface area contributed by atoms with E-state index in [9.17, 15) is 18.4 Å². The van der Waals surface area contributed by atoms with Gasteiger partial charge in [-0.15, -0.1) is 0 Å². The largest absolute Gasteiger partial charge is 0.477 e. The fourth-order valence-corrected chi connectivity index (χ4v) is 1.20. The zero-order valence-electron chi connectivity index (χ0n) is 8.75. The van der Waals surface area contributed by atoms with Crippen LogP contribution in [0, 0.1) is 0 Å². The minimum Gasteiger partial charge on any atom is -0.477 e. The first-order valence-electron chi connectivity index (χ1n) is 4.29. The predicted octanol–water partition coefficient (Wildman–Crippen LogP) is 1.13. The molecule has 4 nitrogen and oxygen atoms in total. The molecule has 0 aliphatic heterocycles. The Morgan fingerprint density at radius 1 is 1.33 bits per heavy atom. The number of carbonyl (C=O) groups is 2. The highest BCUT2D eigenvalue weighted by molar-refractivity contribution is 6.18. The van der Waals surface area contributed by atoms with Crippen molar-refractivity contribution in [3.63, 3.8) is 0 Å². The van der Waals surface area contributed by atoms with Crippen LogP contribution in [0.15, 0.2) is 11.3 Å². The maximum Gasteiger partial charge on any atom is 0.341 e. The number of allylic oxidation sites excluding steroid dienone is 1. The van der Waals surface area contributed by atoms with E-state index < -0.39 is 23.8 Å². The molecule has 0 aromatic carbocycles. The van der Waals surface area contributed by atoms with E-state index in [-0.39, 0.29) is 12.1 Å². The number of aliphatic carboxylic acids is 1. The van der Waals surface area contributed by atoms with Crippen molar-refractivity contribution in [2.24, 2.45) is 0 Å². The monoisotopic (exact) mass is 221 g/mol. The lowest BCUT2D eigenvalue weighted by molar-refractivity contribution is -0.137. The highest BCUT2D eigenvalue weighted by Crippen LogP contribution is 2.16. The van der Waals surface area contributed by atoms with Crippen LogP contribution in [0.4, 0.5) is 8.78 Å². The summed E-state index contributed by atoms with van der Waals surface area (Å²) in [7, 11) is 3.00. The van der Waals surface area contributed by atoms with Crippen molar-refractivity contribution in [3.05, 3.63) is 11.3 Å². The number of nitrogens with zero attached hydrogens (tertiary/aromatic N) is 1. The number of carboxylic acids is 1. The topological polar surface area (TPSA) is 57.6 Å². The quantitative estimate of drug-likeness (QED) is 0.429. The highest BCUT2D eigenvalue weighted by atomic mass is 19.3. The molecule has 0 aromatic heterocycles. The fourth-order valence-electron chi connectivity index (χ4n) is 1.20. The standard InChI is InChI=1S/C9H13F2NO3/c1-4-5(12(2)3)6(9(14)15)7(13)8(10)11/h8H,4H2,1-3H3,(H,14,15). The molecule has 86 valence electrons. The van der Waals surface area contributed by atoms with Crippen molar-refractivity contribution in [2.75, 3.05) is 14.1 Å². The lowest BCUT2D eigenvalue weighted by atomic mass is 10.1. The molecule has 0 radical (unpaired) electrons. The van der Waals surface area contributed by atoms with Crippen LogP contribution in [-0.4, -0.2) is 42.3 Å². The van der Waals surface area contributed by atoms with Crippen molar-refractivity contribution >= 4 is 11.8 Å². The smallest absolute Gasteiger partial charge is 0.341 e. The zero-order chi connectivity index (χ0) is 12.2. The number of ketones is 1. The molecule has 0 rings (SSSR count). The minimum atomic E-state index is -3.29. The van der Waals surface area contributed by atoms with Crippen molar-refractivity contribution in [1.82, 2.24) is 4.90 Å². The highest BCUT2D eigenvalue weighted by Gasteiger charge is 2.29. The molecule has 0 saturated carbocycles. The van der Waals surface area contributed by atoms with Crippen LogP contribution in [0.3, 0.4) is 0 Å². The fraction of sp³-hybridized carbons (Fsp3) is 0.556. The van der Waals surface area contributed by atoms with Gasteiger partial charge in [0.15, 0.2) is 0 Å². The van der Waals surface area contributed by atoms with E-state index in [1.54, 1.807) is 6.92 Å². The summed E-state index contributed by atoms with van der Waals surface area (Å²) < 4.78 is 24.3. The van der Waals surface area contributed by atoms with E-state index in [2.05, 4.69) is 0 Å². The summed E-state index contributed by atoms with van der Waals surface area (Å²) >= 11 is 0. The molecule has 0 atom stereocenters. The first-order chi connectivity index (χ1) is 6.82. The van der Waals surface area contributed by atoms with Crippen LogP contribution in [0.1, 0.15) is 13.3 Å². The molecule has 0 heterocycles. The van der Waals surface area contributed by atoms with Gasteiger partial charge in [0.05, 0.1) is 0 Å². The lowest BCUT2D eigenvalue weighted by Gasteiger charge is -2.18. The van der Waals surface area contributed by atoms with Gasteiger partial charge in [0.25, 0.3) is 0 Å². The summed E-state index contributed by atoms with van der Waals surface area (Å²) in [6.07, 6.45) is -3.09. The molecule has 0 bridgehead atoms. The van der Waals surface area contributed by atoms with E-state index in [1.165, 1.54) is 19.0 Å². The van der Waals surface area contributed by atoms with E-state index >= 15 is 0 Å². The maximum absolute atomic E-state index is 12.1. The summed E-state index contributed by atoms with van der Waals surface area (Å²) in [6.45, 7) is 1.59. The van der Waals surface area contributed by atoms with Crippen LogP contribution in [0.2, 0.25) is 0 Å². The second kappa shape index (κ2) is 5.43. The Hall–Kier alpha value is -1.46. The van der Waals surface area contributed by atoms with Crippen LogP contribution in [0.25, 0.3) is 0 Å². The van der Waals surface area contributed by atoms with Crippen molar-refractivity contribution in [2.45, 2.75) is 19.8 Å². The third-order valence-corrected chi connectivity index (χ3v) is 1.82. The lowest BCUT2D eigenvalue weighted by Crippen LogP contribution is -2.26. The number of hydrogen-bond acceptors (Lipinski definition) is 3. The maximum atomic E-state index is 12.1. The van der Waals surface area contributed by atoms with Crippen molar-refractivity contribution in [1.29, 1.82) is 0 Å². The van der Waals surface area contributed by atoms with E-state index in [0.717, 1.165) is 0 Å². The first-order valence-corrected chi connectivity index (χ1v) is 4.29. The Morgan fingerprint density at radius 2 is 1.80 bits per heavy atom. The Kier molecular flexibility index (Phi) is 4.90. The molecular formula is C9H13F2NO3. The van der Waals surface area contributed by atoms with Crippen molar-refractivity contribution < 1.29 is 23.5 Å². The number of hydrogen-bond donors (Lipinski definition) is 1. The summed E-state index contributed by atoms with van der Waals surface area (Å²) in [6, 6.07) is 0. The third kappa shape index (κ3) is 3.30. The van der Waals surface area contributed by atoms with Crippen LogP contribution >= 0.6 is 0 Å². The van der Waals surface area contributed by atoms with Gasteiger partial charge in [-0.25, -0.2) is 13.6 Å². The average Bonchev–Trinajstić information content (AvgIpc) is 2.11. The second-order valence-corrected chi connectivity index (χ2v) is 3.04. The molecule has 0 saturated heterocycles. The number of rotatable bonds is 5. The van der Waals surface area contributed by atoms with Gasteiger partial charge < -0.3 is 10.0 Å². The summed E-state index contributed by atoms with van der Waals surface area (Å²) in [5.41, 5.74) is -0.745. The normalized spacial score (nSPS) is 12.4. The number of alkyl halides is 2. The van der Waals surface area contributed by atoms with Crippen LogP contribution in [0.5, 0.6) is 0 Å². The van der Waals surface area contributed by atoms with Gasteiger partial charge in [0.2, 0.25) is 5.78 Å². The molecule has 0 fully saturated rings. The van der Waals surface area contributed by atoms with Gasteiger partial charge in [-0.2, -0.15) is 0 Å². The number of carbonyl (C=O) groups excluding carboxylic acids is 1. The zero-order valence-corrected chi connectivity index (χ0v) is 8.75. The number of halogens is 2. The van der Waals surface area contributed by atoms with Gasteiger partial charge in [0.1, 0.15) is 5.57 Å². The first kappa shape index (κ1) is 13.5. The molecule has 0 aliphatic rings. The molecule has 0 aromatic rings. The van der Waals surface area contributed by atoms with E-state index in [4.69, 9.17) is 5.11 Å². The molecule has 6 heteroatoms. The third-order valence-electron chi connectivity index (χ3n) is 1.82. The van der Waals surface area contributed by atoms with Gasteiger partial charge in [-0.05, 0) is 6.42 Å². The average molecular weight is 221 g/mol. The SMILES string of the molecule is CCC(=C(C(=O)O)C(=O)C(F)F)N(C)C. The molecule has 0 amide bonds.